The van der Waals surface area contributed by atoms with E-state index in [1.54, 1.807) is 11.3 Å². The minimum Gasteiger partial charge on any atom is -0.301 e. The summed E-state index contributed by atoms with van der Waals surface area (Å²) in [6, 6.07) is 22.7. The smallest absolute Gasteiger partial charge is 0.301 e. The number of hydrogen-bond donors (Lipinski definition) is 0. The Morgan fingerprint density at radius 1 is 0.974 bits per heavy atom. The van der Waals surface area contributed by atoms with Gasteiger partial charge in [-0.25, -0.2) is 4.79 Å². The van der Waals surface area contributed by atoms with Gasteiger partial charge in [0, 0.05) is 36.5 Å². The number of carbonyl (C=O) groups excluding carboxylic acids is 2. The van der Waals surface area contributed by atoms with E-state index < -0.39 is 5.54 Å². The Morgan fingerprint density at radius 2 is 1.68 bits per heavy atom. The van der Waals surface area contributed by atoms with Crippen LogP contribution in [0.5, 0.6) is 0 Å². The molecule has 6 heteroatoms. The molecular weight excluding hydrogens is 490 g/mol. The first-order valence-corrected chi connectivity index (χ1v) is 14.6. The van der Waals surface area contributed by atoms with Crippen LogP contribution in [0.4, 0.5) is 4.79 Å². The van der Waals surface area contributed by atoms with Gasteiger partial charge in [0.15, 0.2) is 0 Å². The van der Waals surface area contributed by atoms with E-state index in [4.69, 9.17) is 0 Å². The van der Waals surface area contributed by atoms with Gasteiger partial charge in [-0.1, -0.05) is 86.2 Å². The zero-order chi connectivity index (χ0) is 26.4. The molecule has 196 valence electrons. The fourth-order valence-electron chi connectivity index (χ4n) is 7.05. The van der Waals surface area contributed by atoms with Gasteiger partial charge in [-0.05, 0) is 47.9 Å². The van der Waals surface area contributed by atoms with E-state index >= 15 is 0 Å². The molecule has 3 aliphatic heterocycles. The Kier molecular flexibility index (Phi) is 6.48. The Morgan fingerprint density at radius 3 is 2.32 bits per heavy atom. The van der Waals surface area contributed by atoms with Crippen LogP contribution in [-0.2, 0) is 11.3 Å². The van der Waals surface area contributed by atoms with Crippen LogP contribution >= 0.6 is 11.3 Å². The number of benzene rings is 2. The molecule has 1 aromatic heterocycles. The number of amides is 3. The molecule has 1 spiro atoms. The maximum absolute atomic E-state index is 14.1. The molecule has 0 unspecified atom stereocenters. The molecule has 0 saturated carbocycles. The van der Waals surface area contributed by atoms with E-state index in [1.165, 1.54) is 9.78 Å². The maximum atomic E-state index is 14.1. The molecule has 3 aliphatic rings. The van der Waals surface area contributed by atoms with Crippen molar-refractivity contribution < 1.29 is 9.59 Å². The first-order valence-electron chi connectivity index (χ1n) is 13.7. The van der Waals surface area contributed by atoms with Crippen molar-refractivity contribution in [2.45, 2.75) is 51.4 Å². The second-order valence-corrected chi connectivity index (χ2v) is 12.2. The zero-order valence-corrected chi connectivity index (χ0v) is 23.1. The van der Waals surface area contributed by atoms with E-state index in [1.807, 2.05) is 36.9 Å². The molecule has 6 rings (SSSR count). The summed E-state index contributed by atoms with van der Waals surface area (Å²) < 4.78 is 0. The van der Waals surface area contributed by atoms with Crippen LogP contribution < -0.4 is 0 Å². The summed E-state index contributed by atoms with van der Waals surface area (Å²) in [5.41, 5.74) is 2.62. The van der Waals surface area contributed by atoms with E-state index in [0.717, 1.165) is 36.2 Å². The largest absolute Gasteiger partial charge is 0.328 e. The predicted octanol–water partition coefficient (Wildman–Crippen LogP) is 6.54. The SMILES string of the molecule is CC[C@H]1[C@@H](c2ccc(/C=C/c3ccccc3)cc2)N2C(=O)N(C(C)C)C(=O)[C@]23CN(Cc2cccs2)C[C@H]13. The molecular formula is C32H35N3O2S. The summed E-state index contributed by atoms with van der Waals surface area (Å²) in [5.74, 6) is 0.353. The van der Waals surface area contributed by atoms with Gasteiger partial charge in [0.05, 0.1) is 6.04 Å². The summed E-state index contributed by atoms with van der Waals surface area (Å²) in [6.45, 7) is 8.38. The lowest BCUT2D eigenvalue weighted by Crippen LogP contribution is -2.52. The predicted molar refractivity (Wildman–Crippen MR) is 153 cm³/mol. The van der Waals surface area contributed by atoms with Gasteiger partial charge in [-0.15, -0.1) is 11.3 Å². The Balaban J connectivity index is 1.34. The lowest BCUT2D eigenvalue weighted by Gasteiger charge is -2.33. The van der Waals surface area contributed by atoms with Gasteiger partial charge in [0.2, 0.25) is 0 Å². The van der Waals surface area contributed by atoms with Crippen LogP contribution in [0.25, 0.3) is 12.2 Å². The minimum absolute atomic E-state index is 0.000422. The summed E-state index contributed by atoms with van der Waals surface area (Å²) in [7, 11) is 0. The molecule has 4 atom stereocenters. The van der Waals surface area contributed by atoms with Gasteiger partial charge in [0.25, 0.3) is 5.91 Å². The molecule has 3 fully saturated rings. The maximum Gasteiger partial charge on any atom is 0.328 e. The van der Waals surface area contributed by atoms with E-state index in [0.29, 0.717) is 6.54 Å². The number of hydrogen-bond acceptors (Lipinski definition) is 4. The highest BCUT2D eigenvalue weighted by Crippen LogP contribution is 2.59. The van der Waals surface area contributed by atoms with E-state index in [2.05, 4.69) is 77.9 Å². The number of urea groups is 1. The number of carbonyl (C=O) groups is 2. The average Bonchev–Trinajstić information content (AvgIpc) is 3.66. The van der Waals surface area contributed by atoms with E-state index in [9.17, 15) is 9.59 Å². The summed E-state index contributed by atoms with van der Waals surface area (Å²) in [4.78, 5) is 35.3. The van der Waals surface area contributed by atoms with Crippen LogP contribution in [0.2, 0.25) is 0 Å². The molecule has 38 heavy (non-hydrogen) atoms. The molecule has 0 N–H and O–H groups in total. The van der Waals surface area contributed by atoms with E-state index in [-0.39, 0.29) is 35.9 Å². The first-order chi connectivity index (χ1) is 18.4. The zero-order valence-electron chi connectivity index (χ0n) is 22.3. The summed E-state index contributed by atoms with van der Waals surface area (Å²) >= 11 is 1.75. The van der Waals surface area contributed by atoms with Crippen molar-refractivity contribution in [3.8, 4) is 0 Å². The molecule has 3 aromatic rings. The highest BCUT2D eigenvalue weighted by atomic mass is 32.1. The lowest BCUT2D eigenvalue weighted by atomic mass is 9.78. The quantitative estimate of drug-likeness (QED) is 0.260. The fraction of sp³-hybridized carbons (Fsp3) is 0.375. The Bertz CT molecular complexity index is 1330. The van der Waals surface area contributed by atoms with Crippen molar-refractivity contribution in [3.05, 3.63) is 93.7 Å². The molecule has 0 aliphatic carbocycles. The normalized spacial score (nSPS) is 27.2. The Hall–Kier alpha value is -3.22. The highest BCUT2D eigenvalue weighted by Gasteiger charge is 2.73. The number of imide groups is 1. The van der Waals surface area contributed by atoms with Crippen LogP contribution in [0, 0.1) is 11.8 Å². The minimum atomic E-state index is -0.782. The van der Waals surface area contributed by atoms with Gasteiger partial charge in [-0.2, -0.15) is 0 Å². The van der Waals surface area contributed by atoms with Crippen LogP contribution in [-0.4, -0.2) is 51.3 Å². The molecule has 0 bridgehead atoms. The Labute approximate surface area is 229 Å². The number of nitrogens with zero attached hydrogens (tertiary/aromatic N) is 3. The third kappa shape index (κ3) is 3.93. The van der Waals surface area contributed by atoms with Crippen molar-refractivity contribution in [1.82, 2.24) is 14.7 Å². The third-order valence-electron chi connectivity index (χ3n) is 8.66. The van der Waals surface area contributed by atoms with Crippen molar-refractivity contribution in [1.29, 1.82) is 0 Å². The molecule has 3 saturated heterocycles. The molecule has 0 radical (unpaired) electrons. The summed E-state index contributed by atoms with van der Waals surface area (Å²) in [6.07, 6.45) is 5.16. The van der Waals surface area contributed by atoms with Crippen molar-refractivity contribution in [3.63, 3.8) is 0 Å². The molecule has 2 aromatic carbocycles. The number of thiophene rings is 1. The molecule has 5 nitrogen and oxygen atoms in total. The number of rotatable bonds is 7. The second-order valence-electron chi connectivity index (χ2n) is 11.1. The van der Waals surface area contributed by atoms with Gasteiger partial charge >= 0.3 is 6.03 Å². The highest BCUT2D eigenvalue weighted by molar-refractivity contribution is 7.09. The van der Waals surface area contributed by atoms with Gasteiger partial charge in [0.1, 0.15) is 5.54 Å². The second kappa shape index (κ2) is 9.83. The van der Waals surface area contributed by atoms with Gasteiger partial charge < -0.3 is 4.90 Å². The standard InChI is InChI=1S/C32H35N3O2S/c1-4-27-28-20-33(19-26-11-8-18-38-26)21-32(28)30(36)34(22(2)3)31(37)35(32)29(27)25-16-14-24(15-17-25)13-12-23-9-6-5-7-10-23/h5-18,22,27-29H,4,19-21H2,1-3H3/b13-12+/t27-,28-,29-,32-/m1/s1. The monoisotopic (exact) mass is 525 g/mol. The van der Waals surface area contributed by atoms with Crippen LogP contribution in [0.1, 0.15) is 54.8 Å². The van der Waals surface area contributed by atoms with Crippen molar-refractivity contribution in [2.75, 3.05) is 13.1 Å². The van der Waals surface area contributed by atoms with Crippen molar-refractivity contribution in [2.24, 2.45) is 11.8 Å². The number of likely N-dealkylation sites (tertiary alicyclic amines) is 1. The third-order valence-corrected chi connectivity index (χ3v) is 9.52. The van der Waals surface area contributed by atoms with Crippen molar-refractivity contribution >= 4 is 35.4 Å². The fourth-order valence-corrected chi connectivity index (χ4v) is 7.80. The first kappa shape index (κ1) is 25.1. The van der Waals surface area contributed by atoms with Gasteiger partial charge in [-0.3, -0.25) is 14.6 Å². The molecule has 3 amide bonds. The lowest BCUT2D eigenvalue weighted by molar-refractivity contribution is -0.134. The summed E-state index contributed by atoms with van der Waals surface area (Å²) in [5, 5.41) is 2.10. The van der Waals surface area contributed by atoms with Crippen LogP contribution in [0.15, 0.2) is 72.1 Å². The topological polar surface area (TPSA) is 43.9 Å². The molecule has 4 heterocycles. The van der Waals surface area contributed by atoms with Crippen LogP contribution in [0.3, 0.4) is 0 Å². The average molecular weight is 526 g/mol.